The van der Waals surface area contributed by atoms with Crippen LogP contribution in [0.5, 0.6) is 5.75 Å². The van der Waals surface area contributed by atoms with E-state index in [-0.39, 0.29) is 25.2 Å². The van der Waals surface area contributed by atoms with Crippen molar-refractivity contribution in [2.45, 2.75) is 39.7 Å². The van der Waals surface area contributed by atoms with Gasteiger partial charge in [-0.15, -0.1) is 0 Å². The number of Topliss-reactive ketones (excluding diaryl/α,β-unsaturated/α-hetero) is 1. The number of rotatable bonds is 10. The molecule has 5 heteroatoms. The molecular weight excluding hydrogens is 426 g/mol. The topological polar surface area (TPSA) is 65.0 Å². The molecule has 0 saturated carbocycles. The predicted octanol–water partition coefficient (Wildman–Crippen LogP) is 5.74. The Morgan fingerprint density at radius 2 is 1.44 bits per heavy atom. The van der Waals surface area contributed by atoms with Crippen molar-refractivity contribution in [3.05, 3.63) is 101 Å². The number of ether oxygens (including phenoxy) is 2. The molecule has 0 saturated heterocycles. The van der Waals surface area contributed by atoms with Crippen molar-refractivity contribution in [1.29, 1.82) is 0 Å². The number of nitrogens with zero attached hydrogens (tertiary/aromatic N) is 1. The molecule has 0 heterocycles. The van der Waals surface area contributed by atoms with E-state index in [9.17, 15) is 9.59 Å². The average molecular weight is 458 g/mol. The van der Waals surface area contributed by atoms with E-state index < -0.39 is 12.0 Å². The van der Waals surface area contributed by atoms with Gasteiger partial charge in [-0.2, -0.15) is 0 Å². The van der Waals surface area contributed by atoms with Crippen LogP contribution >= 0.6 is 0 Å². The maximum absolute atomic E-state index is 13.1. The van der Waals surface area contributed by atoms with Gasteiger partial charge in [-0.05, 0) is 50.5 Å². The third kappa shape index (κ3) is 5.98. The van der Waals surface area contributed by atoms with Crippen LogP contribution in [-0.4, -0.2) is 37.2 Å². The molecule has 1 atom stereocenters. The molecule has 0 spiro atoms. The molecule has 176 valence electrons. The fourth-order valence-corrected chi connectivity index (χ4v) is 3.86. The normalized spacial score (nSPS) is 11.4. The van der Waals surface area contributed by atoms with E-state index >= 15 is 0 Å². The van der Waals surface area contributed by atoms with Crippen molar-refractivity contribution < 1.29 is 19.1 Å². The molecule has 3 aromatic rings. The molecule has 0 N–H and O–H groups in total. The smallest absolute Gasteiger partial charge is 0.330 e. The van der Waals surface area contributed by atoms with Gasteiger partial charge in [-0.1, -0.05) is 60.7 Å². The Kier molecular flexibility index (Phi) is 8.74. The van der Waals surface area contributed by atoms with Crippen molar-refractivity contribution in [2.24, 2.45) is 4.99 Å². The van der Waals surface area contributed by atoms with Gasteiger partial charge in [0.15, 0.2) is 5.78 Å². The molecule has 3 rings (SSSR count). The summed E-state index contributed by atoms with van der Waals surface area (Å²) in [6.45, 7) is 5.86. The van der Waals surface area contributed by atoms with Crippen LogP contribution in [0.4, 0.5) is 0 Å². The van der Waals surface area contributed by atoms with Gasteiger partial charge in [-0.3, -0.25) is 9.79 Å². The van der Waals surface area contributed by atoms with E-state index in [0.717, 1.165) is 28.0 Å². The molecule has 0 bridgehead atoms. The number of benzene rings is 3. The predicted molar refractivity (Wildman–Crippen MR) is 135 cm³/mol. The molecule has 0 aliphatic carbocycles. The summed E-state index contributed by atoms with van der Waals surface area (Å²) in [7, 11) is 1.61. The number of ketones is 1. The van der Waals surface area contributed by atoms with E-state index in [1.165, 1.54) is 0 Å². The van der Waals surface area contributed by atoms with E-state index in [1.807, 2.05) is 74.5 Å². The van der Waals surface area contributed by atoms with Crippen LogP contribution < -0.4 is 4.74 Å². The minimum absolute atomic E-state index is 0.0336. The van der Waals surface area contributed by atoms with Crippen LogP contribution in [0, 0.1) is 13.8 Å². The monoisotopic (exact) mass is 457 g/mol. The first-order valence-corrected chi connectivity index (χ1v) is 11.5. The van der Waals surface area contributed by atoms with E-state index in [1.54, 1.807) is 26.2 Å². The first-order chi connectivity index (χ1) is 16.5. The highest BCUT2D eigenvalue weighted by Gasteiger charge is 2.23. The Labute approximate surface area is 201 Å². The molecule has 34 heavy (non-hydrogen) atoms. The fraction of sp³-hybridized carbons (Fsp3) is 0.276. The zero-order chi connectivity index (χ0) is 24.5. The number of carbonyl (C=O) groups is 2. The Morgan fingerprint density at radius 1 is 0.853 bits per heavy atom. The molecule has 0 fully saturated rings. The average Bonchev–Trinajstić information content (AvgIpc) is 2.86. The summed E-state index contributed by atoms with van der Waals surface area (Å²) in [5.41, 5.74) is 4.95. The number of hydrogen-bond donors (Lipinski definition) is 0. The summed E-state index contributed by atoms with van der Waals surface area (Å²) in [6.07, 6.45) is 0.432. The summed E-state index contributed by atoms with van der Waals surface area (Å²) >= 11 is 0. The first-order valence-electron chi connectivity index (χ1n) is 11.5. The van der Waals surface area contributed by atoms with Crippen LogP contribution in [0.1, 0.15) is 52.4 Å². The molecule has 0 aliphatic rings. The number of carbonyl (C=O) groups excluding carboxylic acids is 2. The zero-order valence-electron chi connectivity index (χ0n) is 20.2. The lowest BCUT2D eigenvalue weighted by atomic mass is 9.95. The first kappa shape index (κ1) is 24.9. The lowest BCUT2D eigenvalue weighted by Crippen LogP contribution is -2.25. The van der Waals surface area contributed by atoms with Crippen molar-refractivity contribution >= 4 is 17.5 Å². The second-order valence-electron chi connectivity index (χ2n) is 8.00. The van der Waals surface area contributed by atoms with E-state index in [4.69, 9.17) is 14.5 Å². The molecular formula is C29H31NO4. The molecule has 0 aliphatic heterocycles. The summed E-state index contributed by atoms with van der Waals surface area (Å²) in [6, 6.07) is 22.3. The van der Waals surface area contributed by atoms with Gasteiger partial charge >= 0.3 is 5.97 Å². The quantitative estimate of drug-likeness (QED) is 0.221. The largest absolute Gasteiger partial charge is 0.496 e. The third-order valence-corrected chi connectivity index (χ3v) is 5.84. The van der Waals surface area contributed by atoms with Crippen molar-refractivity contribution in [2.75, 3.05) is 13.7 Å². The molecule has 0 aromatic heterocycles. The van der Waals surface area contributed by atoms with Gasteiger partial charge < -0.3 is 9.47 Å². The van der Waals surface area contributed by atoms with Crippen molar-refractivity contribution in [1.82, 2.24) is 0 Å². The van der Waals surface area contributed by atoms with Crippen molar-refractivity contribution in [3.8, 4) is 5.75 Å². The van der Waals surface area contributed by atoms with Gasteiger partial charge in [0.05, 0.1) is 19.4 Å². The van der Waals surface area contributed by atoms with Gasteiger partial charge in [-0.25, -0.2) is 4.79 Å². The van der Waals surface area contributed by atoms with Gasteiger partial charge in [0, 0.05) is 23.1 Å². The highest BCUT2D eigenvalue weighted by Crippen LogP contribution is 2.25. The van der Waals surface area contributed by atoms with Crippen LogP contribution in [0.3, 0.4) is 0 Å². The Hall–Kier alpha value is -3.73. The minimum atomic E-state index is -0.793. The van der Waals surface area contributed by atoms with E-state index in [0.29, 0.717) is 11.3 Å². The van der Waals surface area contributed by atoms with Crippen LogP contribution in [0.2, 0.25) is 0 Å². The SMILES string of the molecule is CCOC(=O)[C@@H](CCC(=O)c1ccc(OC)c(C)c1C)N=C(c1ccccc1)c1ccccc1. The minimum Gasteiger partial charge on any atom is -0.496 e. The number of esters is 1. The molecule has 0 unspecified atom stereocenters. The molecule has 0 radical (unpaired) electrons. The highest BCUT2D eigenvalue weighted by atomic mass is 16.5. The number of methoxy groups -OCH3 is 1. The van der Waals surface area contributed by atoms with Gasteiger partial charge in [0.2, 0.25) is 0 Å². The molecule has 0 amide bonds. The Bertz CT molecular complexity index is 1110. The van der Waals surface area contributed by atoms with Gasteiger partial charge in [0.25, 0.3) is 0 Å². The van der Waals surface area contributed by atoms with Crippen molar-refractivity contribution in [3.63, 3.8) is 0 Å². The van der Waals surface area contributed by atoms with Crippen LogP contribution in [-0.2, 0) is 9.53 Å². The third-order valence-electron chi connectivity index (χ3n) is 5.84. The number of aliphatic imine (C=N–C) groups is 1. The fourth-order valence-electron chi connectivity index (χ4n) is 3.86. The summed E-state index contributed by atoms with van der Waals surface area (Å²) < 4.78 is 10.7. The Balaban J connectivity index is 1.92. The number of hydrogen-bond acceptors (Lipinski definition) is 5. The van der Waals surface area contributed by atoms with Gasteiger partial charge in [0.1, 0.15) is 11.8 Å². The second kappa shape index (κ2) is 11.9. The summed E-state index contributed by atoms with van der Waals surface area (Å²) in [5.74, 6) is 0.287. The van der Waals surface area contributed by atoms with Crippen LogP contribution in [0.25, 0.3) is 0 Å². The zero-order valence-corrected chi connectivity index (χ0v) is 20.2. The van der Waals surface area contributed by atoms with E-state index in [2.05, 4.69) is 0 Å². The maximum atomic E-state index is 13.1. The highest BCUT2D eigenvalue weighted by molar-refractivity contribution is 6.13. The molecule has 3 aromatic carbocycles. The lowest BCUT2D eigenvalue weighted by Gasteiger charge is -2.16. The molecule has 5 nitrogen and oxygen atoms in total. The summed E-state index contributed by atoms with van der Waals surface area (Å²) in [5, 5.41) is 0. The second-order valence-corrected chi connectivity index (χ2v) is 8.00. The van der Waals surface area contributed by atoms with Crippen LogP contribution in [0.15, 0.2) is 77.8 Å². The lowest BCUT2D eigenvalue weighted by molar-refractivity contribution is -0.144. The summed E-state index contributed by atoms with van der Waals surface area (Å²) in [4.78, 5) is 30.8. The maximum Gasteiger partial charge on any atom is 0.330 e. The Morgan fingerprint density at radius 3 is 1.97 bits per heavy atom. The standard InChI is InChI=1S/C29H31NO4/c1-5-34-29(32)25(17-18-26(31)24-16-19-27(33-4)21(3)20(24)2)30-28(22-12-8-6-9-13-22)23-14-10-7-11-15-23/h6-16,19,25H,5,17-18H2,1-4H3/t25-/m1/s1.